The van der Waals surface area contributed by atoms with E-state index < -0.39 is 0 Å². The molecule has 0 fully saturated rings. The van der Waals surface area contributed by atoms with Crippen molar-refractivity contribution in [2.45, 2.75) is 32.7 Å². The SMILES string of the molecule is CCCC(Nc1ccc(O)c(C)c1)c1ccc(Cl)cc1. The average Bonchev–Trinajstić information content (AvgIpc) is 2.43. The number of benzene rings is 2. The van der Waals surface area contributed by atoms with E-state index in [-0.39, 0.29) is 6.04 Å². The molecule has 0 aromatic heterocycles. The van der Waals surface area contributed by atoms with E-state index in [1.165, 1.54) is 5.56 Å². The summed E-state index contributed by atoms with van der Waals surface area (Å²) in [5.41, 5.74) is 3.12. The summed E-state index contributed by atoms with van der Waals surface area (Å²) < 4.78 is 0. The molecule has 0 aliphatic rings. The van der Waals surface area contributed by atoms with Gasteiger partial charge >= 0.3 is 0 Å². The molecule has 2 aromatic rings. The van der Waals surface area contributed by atoms with Gasteiger partial charge in [-0.25, -0.2) is 0 Å². The van der Waals surface area contributed by atoms with Gasteiger partial charge in [-0.15, -0.1) is 0 Å². The first-order valence-corrected chi connectivity index (χ1v) is 7.29. The maximum Gasteiger partial charge on any atom is 0.118 e. The number of hydrogen-bond acceptors (Lipinski definition) is 2. The highest BCUT2D eigenvalue weighted by atomic mass is 35.5. The van der Waals surface area contributed by atoms with E-state index in [1.807, 2.05) is 31.2 Å². The highest BCUT2D eigenvalue weighted by Gasteiger charge is 2.11. The fraction of sp³-hybridized carbons (Fsp3) is 0.294. The van der Waals surface area contributed by atoms with Crippen molar-refractivity contribution in [2.75, 3.05) is 5.32 Å². The van der Waals surface area contributed by atoms with Gasteiger partial charge in [0.05, 0.1) is 6.04 Å². The summed E-state index contributed by atoms with van der Waals surface area (Å²) in [6.07, 6.45) is 2.14. The molecule has 2 rings (SSSR count). The summed E-state index contributed by atoms with van der Waals surface area (Å²) in [4.78, 5) is 0. The van der Waals surface area contributed by atoms with Crippen molar-refractivity contribution in [1.29, 1.82) is 0 Å². The molecule has 2 aromatic carbocycles. The number of anilines is 1. The van der Waals surface area contributed by atoms with E-state index >= 15 is 0 Å². The minimum absolute atomic E-state index is 0.251. The fourth-order valence-electron chi connectivity index (χ4n) is 2.25. The Balaban J connectivity index is 2.20. The van der Waals surface area contributed by atoms with Crippen LogP contribution in [0.15, 0.2) is 42.5 Å². The Morgan fingerprint density at radius 1 is 1.15 bits per heavy atom. The van der Waals surface area contributed by atoms with Crippen molar-refractivity contribution >= 4 is 17.3 Å². The number of aromatic hydroxyl groups is 1. The van der Waals surface area contributed by atoms with Gasteiger partial charge < -0.3 is 10.4 Å². The summed E-state index contributed by atoms with van der Waals surface area (Å²) in [6.45, 7) is 4.07. The number of halogens is 1. The lowest BCUT2D eigenvalue weighted by molar-refractivity contribution is 0.471. The molecule has 2 nitrogen and oxygen atoms in total. The molecule has 0 aliphatic heterocycles. The minimum Gasteiger partial charge on any atom is -0.508 e. The van der Waals surface area contributed by atoms with E-state index in [9.17, 15) is 5.11 Å². The number of hydrogen-bond donors (Lipinski definition) is 2. The highest BCUT2D eigenvalue weighted by Crippen LogP contribution is 2.27. The molecule has 0 aliphatic carbocycles. The molecule has 1 atom stereocenters. The van der Waals surface area contributed by atoms with Gasteiger partial charge in [-0.1, -0.05) is 37.1 Å². The van der Waals surface area contributed by atoms with Crippen LogP contribution in [0, 0.1) is 6.92 Å². The van der Waals surface area contributed by atoms with Crippen LogP contribution in [0.4, 0.5) is 5.69 Å². The molecule has 2 N–H and O–H groups in total. The van der Waals surface area contributed by atoms with Crippen LogP contribution in [0.5, 0.6) is 5.75 Å². The molecule has 106 valence electrons. The molecular formula is C17H20ClNO. The number of phenolic OH excluding ortho intramolecular Hbond substituents is 1. The lowest BCUT2D eigenvalue weighted by Gasteiger charge is -2.20. The Labute approximate surface area is 125 Å². The maximum atomic E-state index is 9.59. The molecule has 0 heterocycles. The number of nitrogens with one attached hydrogen (secondary N) is 1. The largest absolute Gasteiger partial charge is 0.508 e. The summed E-state index contributed by atoms with van der Waals surface area (Å²) in [6, 6.07) is 13.8. The zero-order valence-electron chi connectivity index (χ0n) is 11.9. The third-order valence-corrected chi connectivity index (χ3v) is 3.64. The standard InChI is InChI=1S/C17H20ClNO/c1-3-4-16(13-5-7-14(18)8-6-13)19-15-9-10-17(20)12(2)11-15/h5-11,16,19-20H,3-4H2,1-2H3. The van der Waals surface area contributed by atoms with E-state index in [0.717, 1.165) is 29.1 Å². The second-order valence-corrected chi connectivity index (χ2v) is 5.47. The van der Waals surface area contributed by atoms with Crippen LogP contribution < -0.4 is 5.32 Å². The third kappa shape index (κ3) is 3.67. The Morgan fingerprint density at radius 2 is 1.85 bits per heavy atom. The quantitative estimate of drug-likeness (QED) is 0.731. The van der Waals surface area contributed by atoms with Gasteiger partial charge in [-0.05, 0) is 54.8 Å². The van der Waals surface area contributed by atoms with Crippen molar-refractivity contribution in [3.63, 3.8) is 0 Å². The van der Waals surface area contributed by atoms with E-state index in [2.05, 4.69) is 24.4 Å². The zero-order valence-corrected chi connectivity index (χ0v) is 12.6. The molecule has 0 amide bonds. The van der Waals surface area contributed by atoms with Gasteiger partial charge in [0.25, 0.3) is 0 Å². The van der Waals surface area contributed by atoms with Crippen molar-refractivity contribution in [3.8, 4) is 5.75 Å². The summed E-state index contributed by atoms with van der Waals surface area (Å²) in [5.74, 6) is 0.328. The van der Waals surface area contributed by atoms with E-state index in [4.69, 9.17) is 11.6 Å². The molecule has 3 heteroatoms. The molecule has 0 radical (unpaired) electrons. The van der Waals surface area contributed by atoms with Gasteiger partial charge in [-0.3, -0.25) is 0 Å². The normalized spacial score (nSPS) is 12.2. The van der Waals surface area contributed by atoms with Crippen LogP contribution in [0.1, 0.15) is 36.9 Å². The van der Waals surface area contributed by atoms with Crippen LogP contribution in [-0.2, 0) is 0 Å². The predicted octanol–water partition coefficient (Wildman–Crippen LogP) is 5.31. The summed E-state index contributed by atoms with van der Waals surface area (Å²) in [5, 5.41) is 13.9. The monoisotopic (exact) mass is 289 g/mol. The topological polar surface area (TPSA) is 32.3 Å². The van der Waals surface area contributed by atoms with Crippen LogP contribution in [0.25, 0.3) is 0 Å². The second kappa shape index (κ2) is 6.67. The third-order valence-electron chi connectivity index (χ3n) is 3.39. The van der Waals surface area contributed by atoms with Crippen LogP contribution in [0.3, 0.4) is 0 Å². The smallest absolute Gasteiger partial charge is 0.118 e. The van der Waals surface area contributed by atoms with E-state index in [1.54, 1.807) is 6.07 Å². The summed E-state index contributed by atoms with van der Waals surface area (Å²) >= 11 is 5.94. The van der Waals surface area contributed by atoms with Crippen molar-refractivity contribution < 1.29 is 5.11 Å². The van der Waals surface area contributed by atoms with Crippen LogP contribution >= 0.6 is 11.6 Å². The van der Waals surface area contributed by atoms with Crippen molar-refractivity contribution in [1.82, 2.24) is 0 Å². The predicted molar refractivity (Wildman–Crippen MR) is 85.6 cm³/mol. The Bertz CT molecular complexity index is 566. The number of aryl methyl sites for hydroxylation is 1. The summed E-state index contributed by atoms with van der Waals surface area (Å²) in [7, 11) is 0. The van der Waals surface area contributed by atoms with Crippen molar-refractivity contribution in [3.05, 3.63) is 58.6 Å². The molecular weight excluding hydrogens is 270 g/mol. The number of rotatable bonds is 5. The highest BCUT2D eigenvalue weighted by molar-refractivity contribution is 6.30. The minimum atomic E-state index is 0.251. The average molecular weight is 290 g/mol. The second-order valence-electron chi connectivity index (χ2n) is 5.04. The van der Waals surface area contributed by atoms with Gasteiger partial charge in [0.1, 0.15) is 5.75 Å². The van der Waals surface area contributed by atoms with Crippen molar-refractivity contribution in [2.24, 2.45) is 0 Å². The fourth-order valence-corrected chi connectivity index (χ4v) is 2.38. The number of phenols is 1. The van der Waals surface area contributed by atoms with Crippen LogP contribution in [-0.4, -0.2) is 5.11 Å². The van der Waals surface area contributed by atoms with Gasteiger partial charge in [0, 0.05) is 10.7 Å². The molecule has 0 saturated carbocycles. The molecule has 0 saturated heterocycles. The Kier molecular flexibility index (Phi) is 4.91. The molecule has 0 bridgehead atoms. The first-order chi connectivity index (χ1) is 9.60. The van der Waals surface area contributed by atoms with E-state index in [0.29, 0.717) is 5.75 Å². The van der Waals surface area contributed by atoms with Gasteiger partial charge in [0.2, 0.25) is 0 Å². The molecule has 0 spiro atoms. The lowest BCUT2D eigenvalue weighted by Crippen LogP contribution is -2.10. The first-order valence-electron chi connectivity index (χ1n) is 6.91. The lowest BCUT2D eigenvalue weighted by atomic mass is 10.0. The Hall–Kier alpha value is -1.67. The zero-order chi connectivity index (χ0) is 14.5. The first kappa shape index (κ1) is 14.7. The molecule has 1 unspecified atom stereocenters. The van der Waals surface area contributed by atoms with Gasteiger partial charge in [-0.2, -0.15) is 0 Å². The maximum absolute atomic E-state index is 9.59. The van der Waals surface area contributed by atoms with Gasteiger partial charge in [0.15, 0.2) is 0 Å². The van der Waals surface area contributed by atoms with Crippen LogP contribution in [0.2, 0.25) is 5.02 Å². The Morgan fingerprint density at radius 3 is 2.45 bits per heavy atom. The molecule has 20 heavy (non-hydrogen) atoms.